The van der Waals surface area contributed by atoms with E-state index >= 15 is 0 Å². The summed E-state index contributed by atoms with van der Waals surface area (Å²) in [4.78, 5) is 24.8. The van der Waals surface area contributed by atoms with Crippen molar-refractivity contribution < 1.29 is 9.21 Å². The van der Waals surface area contributed by atoms with Gasteiger partial charge in [0.15, 0.2) is 5.76 Å². The van der Waals surface area contributed by atoms with Crippen molar-refractivity contribution in [3.8, 4) is 34.2 Å². The molecular weight excluding hydrogens is 388 g/mol. The molecule has 1 aromatic carbocycles. The predicted molar refractivity (Wildman–Crippen MR) is 112 cm³/mol. The minimum atomic E-state index is -0.203. The summed E-state index contributed by atoms with van der Waals surface area (Å²) in [7, 11) is 0. The maximum atomic E-state index is 11.4. The maximum absolute atomic E-state index is 11.4. The summed E-state index contributed by atoms with van der Waals surface area (Å²) in [5.41, 5.74) is 3.58. The molecule has 3 aromatic heterocycles. The summed E-state index contributed by atoms with van der Waals surface area (Å²) in [5, 5.41) is 3.25. The summed E-state index contributed by atoms with van der Waals surface area (Å²) in [6, 6.07) is 14.8. The van der Waals surface area contributed by atoms with E-state index in [0.29, 0.717) is 33.9 Å². The fourth-order valence-electron chi connectivity index (χ4n) is 2.94. The largest absolute Gasteiger partial charge is 0.434 e. The molecule has 0 aliphatic carbocycles. The molecule has 0 fully saturated rings. The van der Waals surface area contributed by atoms with Gasteiger partial charge in [-0.15, -0.1) is 0 Å². The van der Waals surface area contributed by atoms with Gasteiger partial charge in [0.2, 0.25) is 11.8 Å². The van der Waals surface area contributed by atoms with E-state index in [2.05, 4.69) is 15.3 Å². The van der Waals surface area contributed by atoms with Gasteiger partial charge in [-0.3, -0.25) is 9.78 Å². The first-order valence-electron chi connectivity index (χ1n) is 8.94. The molecule has 0 saturated carbocycles. The van der Waals surface area contributed by atoms with Crippen LogP contribution in [0.5, 0.6) is 0 Å². The number of nitrogens with zero attached hydrogens (tertiary/aromatic N) is 3. The van der Waals surface area contributed by atoms with Crippen molar-refractivity contribution >= 4 is 23.3 Å². The number of nitrogens with one attached hydrogen (secondary N) is 1. The van der Waals surface area contributed by atoms with Gasteiger partial charge in [-0.05, 0) is 36.8 Å². The molecule has 144 valence electrons. The SMILES string of the molecule is CC(=O)Nc1cc(-c2nc(-c3ccccc3Cl)c(-c3ccccn3)o2)c(C)cn1. The first kappa shape index (κ1) is 18.8. The Morgan fingerprint density at radius 1 is 1.07 bits per heavy atom. The van der Waals surface area contributed by atoms with Gasteiger partial charge in [-0.1, -0.05) is 35.9 Å². The van der Waals surface area contributed by atoms with Crippen LogP contribution in [0.15, 0.2) is 65.3 Å². The van der Waals surface area contributed by atoms with Gasteiger partial charge in [0.1, 0.15) is 17.2 Å². The molecule has 0 unspecified atom stereocenters. The van der Waals surface area contributed by atoms with Crippen molar-refractivity contribution in [2.45, 2.75) is 13.8 Å². The second-order valence-corrected chi connectivity index (χ2v) is 6.86. The highest BCUT2D eigenvalue weighted by Crippen LogP contribution is 2.38. The first-order valence-corrected chi connectivity index (χ1v) is 9.32. The summed E-state index contributed by atoms with van der Waals surface area (Å²) < 4.78 is 6.16. The zero-order valence-electron chi connectivity index (χ0n) is 15.8. The molecule has 1 N–H and O–H groups in total. The second kappa shape index (κ2) is 7.85. The van der Waals surface area contributed by atoms with Gasteiger partial charge in [-0.25, -0.2) is 9.97 Å². The lowest BCUT2D eigenvalue weighted by atomic mass is 10.1. The number of halogens is 1. The lowest BCUT2D eigenvalue weighted by Gasteiger charge is -2.05. The number of benzene rings is 1. The number of carbonyl (C=O) groups excluding carboxylic acids is 1. The Labute approximate surface area is 172 Å². The number of hydrogen-bond acceptors (Lipinski definition) is 5. The van der Waals surface area contributed by atoms with Crippen LogP contribution in [0.1, 0.15) is 12.5 Å². The van der Waals surface area contributed by atoms with E-state index in [9.17, 15) is 4.79 Å². The number of anilines is 1. The minimum Gasteiger partial charge on any atom is -0.434 e. The lowest BCUT2D eigenvalue weighted by molar-refractivity contribution is -0.114. The van der Waals surface area contributed by atoms with E-state index < -0.39 is 0 Å². The zero-order valence-corrected chi connectivity index (χ0v) is 16.6. The molecule has 0 aliphatic heterocycles. The Bertz CT molecular complexity index is 1190. The van der Waals surface area contributed by atoms with Crippen molar-refractivity contribution in [2.24, 2.45) is 0 Å². The average molecular weight is 405 g/mol. The topological polar surface area (TPSA) is 80.9 Å². The van der Waals surface area contributed by atoms with Crippen LogP contribution in [0.4, 0.5) is 5.82 Å². The highest BCUT2D eigenvalue weighted by molar-refractivity contribution is 6.33. The average Bonchev–Trinajstić information content (AvgIpc) is 3.15. The monoisotopic (exact) mass is 404 g/mol. The number of carbonyl (C=O) groups is 1. The molecule has 4 rings (SSSR count). The lowest BCUT2D eigenvalue weighted by Crippen LogP contribution is -2.07. The molecule has 0 spiro atoms. The molecule has 7 heteroatoms. The van der Waals surface area contributed by atoms with Crippen molar-refractivity contribution in [1.82, 2.24) is 15.0 Å². The zero-order chi connectivity index (χ0) is 20.4. The molecule has 0 saturated heterocycles. The fraction of sp³-hybridized carbons (Fsp3) is 0.0909. The number of hydrogen-bond donors (Lipinski definition) is 1. The summed E-state index contributed by atoms with van der Waals surface area (Å²) in [5.74, 6) is 1.14. The van der Waals surface area contributed by atoms with Crippen LogP contribution in [0.2, 0.25) is 5.02 Å². The van der Waals surface area contributed by atoms with Gasteiger partial charge in [-0.2, -0.15) is 0 Å². The molecule has 0 bridgehead atoms. The number of amides is 1. The normalized spacial score (nSPS) is 10.7. The summed E-state index contributed by atoms with van der Waals surface area (Å²) >= 11 is 6.43. The highest BCUT2D eigenvalue weighted by atomic mass is 35.5. The Morgan fingerprint density at radius 3 is 2.59 bits per heavy atom. The number of aryl methyl sites for hydroxylation is 1. The molecular formula is C22H17ClN4O2. The Morgan fingerprint density at radius 2 is 1.86 bits per heavy atom. The van der Waals surface area contributed by atoms with Gasteiger partial charge in [0, 0.05) is 30.4 Å². The van der Waals surface area contributed by atoms with Crippen LogP contribution < -0.4 is 5.32 Å². The molecule has 3 heterocycles. The first-order chi connectivity index (χ1) is 14.0. The number of aromatic nitrogens is 3. The van der Waals surface area contributed by atoms with Gasteiger partial charge in [0.25, 0.3) is 0 Å². The number of rotatable bonds is 4. The third-order valence-corrected chi connectivity index (χ3v) is 4.62. The molecule has 1 amide bonds. The fourth-order valence-corrected chi connectivity index (χ4v) is 3.17. The van der Waals surface area contributed by atoms with Crippen LogP contribution in [0, 0.1) is 6.92 Å². The van der Waals surface area contributed by atoms with Crippen molar-refractivity contribution in [3.63, 3.8) is 0 Å². The van der Waals surface area contributed by atoms with Crippen molar-refractivity contribution in [1.29, 1.82) is 0 Å². The Balaban J connectivity index is 1.91. The molecule has 0 atom stereocenters. The van der Waals surface area contributed by atoms with Gasteiger partial charge >= 0.3 is 0 Å². The van der Waals surface area contributed by atoms with E-state index in [1.807, 2.05) is 43.3 Å². The Kier molecular flexibility index (Phi) is 5.10. The van der Waals surface area contributed by atoms with E-state index in [4.69, 9.17) is 21.0 Å². The molecule has 0 aliphatic rings. The smallest absolute Gasteiger partial charge is 0.227 e. The van der Waals surface area contributed by atoms with Crippen LogP contribution in [-0.4, -0.2) is 20.9 Å². The molecule has 4 aromatic rings. The maximum Gasteiger partial charge on any atom is 0.227 e. The minimum absolute atomic E-state index is 0.203. The third kappa shape index (κ3) is 3.88. The highest BCUT2D eigenvalue weighted by Gasteiger charge is 2.21. The molecule has 29 heavy (non-hydrogen) atoms. The van der Waals surface area contributed by atoms with Crippen LogP contribution in [0.25, 0.3) is 34.2 Å². The van der Waals surface area contributed by atoms with E-state index in [0.717, 1.165) is 16.7 Å². The predicted octanol–water partition coefficient (Wildman–Crippen LogP) is 5.39. The number of oxazole rings is 1. The van der Waals surface area contributed by atoms with Crippen LogP contribution in [0.3, 0.4) is 0 Å². The third-order valence-electron chi connectivity index (χ3n) is 4.29. The standard InChI is InChI=1S/C22H17ClN4O2/c1-13-12-25-19(26-14(2)28)11-16(13)22-27-20(15-7-3-4-8-17(15)23)21(29-22)18-9-5-6-10-24-18/h3-12H,1-2H3,(H,25,26,28). The van der Waals surface area contributed by atoms with E-state index in [1.54, 1.807) is 24.5 Å². The van der Waals surface area contributed by atoms with Crippen LogP contribution >= 0.6 is 11.6 Å². The van der Waals surface area contributed by atoms with Gasteiger partial charge < -0.3 is 9.73 Å². The van der Waals surface area contributed by atoms with Crippen molar-refractivity contribution in [2.75, 3.05) is 5.32 Å². The molecule has 0 radical (unpaired) electrons. The molecule has 6 nitrogen and oxygen atoms in total. The summed E-state index contributed by atoms with van der Waals surface area (Å²) in [6.07, 6.45) is 3.36. The number of pyridine rings is 2. The summed E-state index contributed by atoms with van der Waals surface area (Å²) in [6.45, 7) is 3.33. The second-order valence-electron chi connectivity index (χ2n) is 6.46. The quantitative estimate of drug-likeness (QED) is 0.493. The van der Waals surface area contributed by atoms with E-state index in [1.165, 1.54) is 6.92 Å². The van der Waals surface area contributed by atoms with E-state index in [-0.39, 0.29) is 5.91 Å². The van der Waals surface area contributed by atoms with Crippen LogP contribution in [-0.2, 0) is 4.79 Å². The Hall–Kier alpha value is -3.51. The van der Waals surface area contributed by atoms with Gasteiger partial charge in [0.05, 0.1) is 5.02 Å². The van der Waals surface area contributed by atoms with Crippen molar-refractivity contribution in [3.05, 3.63) is 71.5 Å².